The van der Waals surface area contributed by atoms with Crippen LogP contribution in [0.3, 0.4) is 0 Å². The molecule has 2 rings (SSSR count). The van der Waals surface area contributed by atoms with E-state index < -0.39 is 12.1 Å². The molecule has 0 bridgehead atoms. The number of urea groups is 1. The van der Waals surface area contributed by atoms with Gasteiger partial charge in [-0.1, -0.05) is 12.1 Å². The molecular weight excluding hydrogens is 328 g/mol. The first-order valence-electron chi connectivity index (χ1n) is 7.89. The Morgan fingerprint density at radius 2 is 2.00 bits per heavy atom. The lowest BCUT2D eigenvalue weighted by atomic mass is 10.1. The van der Waals surface area contributed by atoms with E-state index in [1.165, 1.54) is 0 Å². The van der Waals surface area contributed by atoms with Crippen LogP contribution in [0, 0.1) is 0 Å². The van der Waals surface area contributed by atoms with Crippen molar-refractivity contribution in [3.05, 3.63) is 29.8 Å². The topological polar surface area (TPSA) is 75.7 Å². The van der Waals surface area contributed by atoms with Gasteiger partial charge in [0.2, 0.25) is 0 Å². The largest absolute Gasteiger partial charge is 0.494 e. The standard InChI is InChI=1S/C17H22N2O4S/c1-3-23-14-6-4-12(5-7-14)10-13(20)11-19-16(21)15(8-9-24-2)18-17(19)22/h4-7,15H,3,8-11H2,1-2H3,(H,18,22). The van der Waals surface area contributed by atoms with E-state index in [4.69, 9.17) is 4.74 Å². The number of hydrogen-bond donors (Lipinski definition) is 1. The molecule has 0 saturated carbocycles. The number of nitrogens with zero attached hydrogens (tertiary/aromatic N) is 1. The predicted octanol–water partition coefficient (Wildman–Crippen LogP) is 1.87. The molecule has 1 atom stereocenters. The summed E-state index contributed by atoms with van der Waals surface area (Å²) >= 11 is 1.61. The minimum Gasteiger partial charge on any atom is -0.494 e. The summed E-state index contributed by atoms with van der Waals surface area (Å²) < 4.78 is 5.35. The molecule has 1 saturated heterocycles. The number of carbonyl (C=O) groups excluding carboxylic acids is 3. The molecule has 6 nitrogen and oxygen atoms in total. The Labute approximate surface area is 145 Å². The number of hydrogen-bond acceptors (Lipinski definition) is 5. The van der Waals surface area contributed by atoms with Gasteiger partial charge < -0.3 is 10.1 Å². The third kappa shape index (κ3) is 4.74. The maximum absolute atomic E-state index is 12.2. The molecule has 1 N–H and O–H groups in total. The van der Waals surface area contributed by atoms with E-state index in [1.54, 1.807) is 23.9 Å². The van der Waals surface area contributed by atoms with Gasteiger partial charge in [-0.2, -0.15) is 11.8 Å². The minimum absolute atomic E-state index is 0.173. The third-order valence-electron chi connectivity index (χ3n) is 3.69. The highest BCUT2D eigenvalue weighted by Crippen LogP contribution is 2.14. The second kappa shape index (κ2) is 8.73. The Morgan fingerprint density at radius 3 is 2.62 bits per heavy atom. The fourth-order valence-electron chi connectivity index (χ4n) is 2.49. The van der Waals surface area contributed by atoms with Gasteiger partial charge in [0.15, 0.2) is 5.78 Å². The van der Waals surface area contributed by atoms with Crippen LogP contribution in [0.15, 0.2) is 24.3 Å². The molecule has 0 aromatic heterocycles. The quantitative estimate of drug-likeness (QED) is 0.688. The Bertz CT molecular complexity index is 603. The number of imide groups is 1. The lowest BCUT2D eigenvalue weighted by molar-refractivity contribution is -0.131. The average Bonchev–Trinajstić information content (AvgIpc) is 2.82. The summed E-state index contributed by atoms with van der Waals surface area (Å²) in [5, 5.41) is 2.63. The van der Waals surface area contributed by atoms with Crippen molar-refractivity contribution < 1.29 is 19.1 Å². The number of rotatable bonds is 9. The summed E-state index contributed by atoms with van der Waals surface area (Å²) in [6.07, 6.45) is 2.70. The van der Waals surface area contributed by atoms with Crippen LogP contribution in [0.5, 0.6) is 5.75 Å². The number of ketones is 1. The normalized spacial score (nSPS) is 17.1. The molecule has 0 aliphatic carbocycles. The molecule has 1 fully saturated rings. The van der Waals surface area contributed by atoms with Crippen LogP contribution in [-0.4, -0.2) is 53.8 Å². The van der Waals surface area contributed by atoms with Crippen LogP contribution in [0.4, 0.5) is 4.79 Å². The minimum atomic E-state index is -0.511. The van der Waals surface area contributed by atoms with Crippen molar-refractivity contribution in [2.45, 2.75) is 25.8 Å². The van der Waals surface area contributed by atoms with E-state index in [-0.39, 0.29) is 24.7 Å². The SMILES string of the molecule is CCOc1ccc(CC(=O)CN2C(=O)NC(CCSC)C2=O)cc1. The number of thioether (sulfide) groups is 1. The fraction of sp³-hybridized carbons (Fsp3) is 0.471. The molecule has 130 valence electrons. The van der Waals surface area contributed by atoms with Crippen LogP contribution >= 0.6 is 11.8 Å². The highest BCUT2D eigenvalue weighted by atomic mass is 32.2. The summed E-state index contributed by atoms with van der Waals surface area (Å²) in [5.74, 6) is 1.05. The maximum Gasteiger partial charge on any atom is 0.325 e. The van der Waals surface area contributed by atoms with Crippen LogP contribution in [-0.2, 0) is 16.0 Å². The zero-order valence-corrected chi connectivity index (χ0v) is 14.7. The number of benzene rings is 1. The van der Waals surface area contributed by atoms with E-state index in [0.717, 1.165) is 22.0 Å². The number of nitrogens with one attached hydrogen (secondary N) is 1. The predicted molar refractivity (Wildman–Crippen MR) is 93.4 cm³/mol. The van der Waals surface area contributed by atoms with E-state index in [9.17, 15) is 14.4 Å². The van der Waals surface area contributed by atoms with Crippen LogP contribution in [0.1, 0.15) is 18.9 Å². The van der Waals surface area contributed by atoms with Gasteiger partial charge in [0.1, 0.15) is 11.8 Å². The van der Waals surface area contributed by atoms with Crippen LogP contribution < -0.4 is 10.1 Å². The van der Waals surface area contributed by atoms with Gasteiger partial charge in [0, 0.05) is 6.42 Å². The molecule has 1 aliphatic rings. The molecule has 1 aromatic carbocycles. The van der Waals surface area contributed by atoms with Gasteiger partial charge in [0.05, 0.1) is 13.2 Å². The molecule has 1 aromatic rings. The number of ether oxygens (including phenoxy) is 1. The molecular formula is C17H22N2O4S. The first-order chi connectivity index (χ1) is 11.5. The second-order valence-electron chi connectivity index (χ2n) is 5.50. The molecule has 0 radical (unpaired) electrons. The highest BCUT2D eigenvalue weighted by molar-refractivity contribution is 7.98. The zero-order valence-electron chi connectivity index (χ0n) is 13.9. The van der Waals surface area contributed by atoms with E-state index in [1.807, 2.05) is 25.3 Å². The number of Topliss-reactive ketones (excluding diaryl/α,β-unsaturated/α-hetero) is 1. The van der Waals surface area contributed by atoms with Crippen LogP contribution in [0.25, 0.3) is 0 Å². The summed E-state index contributed by atoms with van der Waals surface area (Å²) in [7, 11) is 0. The monoisotopic (exact) mass is 350 g/mol. The molecule has 24 heavy (non-hydrogen) atoms. The summed E-state index contributed by atoms with van der Waals surface area (Å²) in [4.78, 5) is 37.3. The zero-order chi connectivity index (χ0) is 17.5. The Kier molecular flexibility index (Phi) is 6.66. The highest BCUT2D eigenvalue weighted by Gasteiger charge is 2.38. The lowest BCUT2D eigenvalue weighted by Gasteiger charge is -2.12. The smallest absolute Gasteiger partial charge is 0.325 e. The average molecular weight is 350 g/mol. The van der Waals surface area contributed by atoms with E-state index in [0.29, 0.717) is 13.0 Å². The fourth-order valence-corrected chi connectivity index (χ4v) is 2.96. The van der Waals surface area contributed by atoms with Gasteiger partial charge >= 0.3 is 6.03 Å². The van der Waals surface area contributed by atoms with Gasteiger partial charge in [-0.25, -0.2) is 4.79 Å². The number of carbonyl (C=O) groups is 3. The Morgan fingerprint density at radius 1 is 1.29 bits per heavy atom. The van der Waals surface area contributed by atoms with Gasteiger partial charge in [-0.05, 0) is 43.0 Å². The van der Waals surface area contributed by atoms with Crippen molar-refractivity contribution in [1.29, 1.82) is 0 Å². The third-order valence-corrected chi connectivity index (χ3v) is 4.33. The van der Waals surface area contributed by atoms with Crippen molar-refractivity contribution >= 4 is 29.5 Å². The van der Waals surface area contributed by atoms with Gasteiger partial charge in [-0.3, -0.25) is 14.5 Å². The van der Waals surface area contributed by atoms with Gasteiger partial charge in [0.25, 0.3) is 5.91 Å². The molecule has 7 heteroatoms. The summed E-state index contributed by atoms with van der Waals surface area (Å²) in [6.45, 7) is 2.30. The maximum atomic E-state index is 12.2. The summed E-state index contributed by atoms with van der Waals surface area (Å²) in [6, 6.07) is 6.25. The van der Waals surface area contributed by atoms with Crippen molar-refractivity contribution in [1.82, 2.24) is 10.2 Å². The number of amides is 3. The van der Waals surface area contributed by atoms with Gasteiger partial charge in [-0.15, -0.1) is 0 Å². The van der Waals surface area contributed by atoms with Crippen molar-refractivity contribution in [3.8, 4) is 5.75 Å². The lowest BCUT2D eigenvalue weighted by Crippen LogP contribution is -2.36. The molecule has 1 aliphatic heterocycles. The molecule has 0 spiro atoms. The first-order valence-corrected chi connectivity index (χ1v) is 9.28. The Balaban J connectivity index is 1.89. The second-order valence-corrected chi connectivity index (χ2v) is 6.49. The molecule has 3 amide bonds. The van der Waals surface area contributed by atoms with Crippen molar-refractivity contribution in [3.63, 3.8) is 0 Å². The van der Waals surface area contributed by atoms with E-state index in [2.05, 4.69) is 5.32 Å². The molecule has 1 unspecified atom stereocenters. The van der Waals surface area contributed by atoms with E-state index >= 15 is 0 Å². The first kappa shape index (κ1) is 18.3. The van der Waals surface area contributed by atoms with Crippen molar-refractivity contribution in [2.24, 2.45) is 0 Å². The van der Waals surface area contributed by atoms with Crippen LogP contribution in [0.2, 0.25) is 0 Å². The Hall–Kier alpha value is -2.02. The summed E-state index contributed by atoms with van der Waals surface area (Å²) in [5.41, 5.74) is 0.828. The van der Waals surface area contributed by atoms with Crippen molar-refractivity contribution in [2.75, 3.05) is 25.2 Å². The molecule has 1 heterocycles.